The Morgan fingerprint density at radius 2 is 2.19 bits per heavy atom. The molecule has 6 nitrogen and oxygen atoms in total. The number of fused-ring (bicyclic) bond motifs is 1. The molecule has 112 valence electrons. The molecule has 1 amide bonds. The molecule has 0 spiro atoms. The standard InChI is InChI=1S/C13H16ClN5OS/c1-8(19-6-4-15-5-7-19)13(20)16-11-9(14)2-3-10-12(11)18-21-17-10/h2-3,8,15H,4-7H2,1H3,(H,16,20). The van der Waals surface area contributed by atoms with Crippen LogP contribution in [-0.2, 0) is 4.79 Å². The van der Waals surface area contributed by atoms with E-state index in [2.05, 4.69) is 24.3 Å². The normalized spacial score (nSPS) is 17.8. The summed E-state index contributed by atoms with van der Waals surface area (Å²) in [4.78, 5) is 14.6. The number of amides is 1. The number of benzene rings is 1. The van der Waals surface area contributed by atoms with Gasteiger partial charge in [0.05, 0.1) is 28.5 Å². The van der Waals surface area contributed by atoms with Crippen LogP contribution in [0.1, 0.15) is 6.92 Å². The second kappa shape index (κ2) is 6.23. The number of hydrogen-bond acceptors (Lipinski definition) is 6. The summed E-state index contributed by atoms with van der Waals surface area (Å²) in [6.07, 6.45) is 0. The van der Waals surface area contributed by atoms with Crippen molar-refractivity contribution in [1.29, 1.82) is 0 Å². The minimum absolute atomic E-state index is 0.0701. The molecule has 0 saturated carbocycles. The molecule has 8 heteroatoms. The first-order chi connectivity index (χ1) is 10.2. The number of carbonyl (C=O) groups excluding carboxylic acids is 1. The van der Waals surface area contributed by atoms with Gasteiger partial charge in [0.15, 0.2) is 0 Å². The molecule has 21 heavy (non-hydrogen) atoms. The third kappa shape index (κ3) is 3.01. The van der Waals surface area contributed by atoms with Crippen LogP contribution in [0.15, 0.2) is 12.1 Å². The maximum Gasteiger partial charge on any atom is 0.241 e. The van der Waals surface area contributed by atoms with Crippen molar-refractivity contribution in [2.24, 2.45) is 0 Å². The van der Waals surface area contributed by atoms with Gasteiger partial charge in [-0.1, -0.05) is 11.6 Å². The molecule has 1 aromatic carbocycles. The lowest BCUT2D eigenvalue weighted by Crippen LogP contribution is -2.51. The number of hydrogen-bond donors (Lipinski definition) is 2. The Morgan fingerprint density at radius 3 is 2.95 bits per heavy atom. The van der Waals surface area contributed by atoms with E-state index < -0.39 is 0 Å². The molecule has 1 atom stereocenters. The Kier molecular flexibility index (Phi) is 4.34. The summed E-state index contributed by atoms with van der Waals surface area (Å²) in [6.45, 7) is 5.46. The van der Waals surface area contributed by atoms with Gasteiger partial charge in [-0.25, -0.2) is 0 Å². The topological polar surface area (TPSA) is 70.2 Å². The molecule has 2 aromatic rings. The van der Waals surface area contributed by atoms with E-state index >= 15 is 0 Å². The summed E-state index contributed by atoms with van der Waals surface area (Å²) < 4.78 is 8.38. The highest BCUT2D eigenvalue weighted by molar-refractivity contribution is 7.00. The average Bonchev–Trinajstić information content (AvgIpc) is 2.99. The highest BCUT2D eigenvalue weighted by Gasteiger charge is 2.24. The molecule has 0 aliphatic carbocycles. The average molecular weight is 326 g/mol. The Labute approximate surface area is 131 Å². The number of rotatable bonds is 3. The molecular weight excluding hydrogens is 310 g/mol. The van der Waals surface area contributed by atoms with Crippen LogP contribution in [-0.4, -0.2) is 51.8 Å². The van der Waals surface area contributed by atoms with Crippen LogP contribution in [0.5, 0.6) is 0 Å². The Morgan fingerprint density at radius 1 is 1.43 bits per heavy atom. The van der Waals surface area contributed by atoms with E-state index in [1.54, 1.807) is 12.1 Å². The smallest absolute Gasteiger partial charge is 0.241 e. The van der Waals surface area contributed by atoms with Crippen LogP contribution in [0.25, 0.3) is 11.0 Å². The van der Waals surface area contributed by atoms with Gasteiger partial charge in [-0.2, -0.15) is 8.75 Å². The van der Waals surface area contributed by atoms with Crippen LogP contribution < -0.4 is 10.6 Å². The van der Waals surface area contributed by atoms with Crippen LogP contribution >= 0.6 is 23.3 Å². The van der Waals surface area contributed by atoms with Crippen molar-refractivity contribution in [3.8, 4) is 0 Å². The van der Waals surface area contributed by atoms with Gasteiger partial charge in [0, 0.05) is 26.2 Å². The highest BCUT2D eigenvalue weighted by Crippen LogP contribution is 2.30. The van der Waals surface area contributed by atoms with E-state index in [-0.39, 0.29) is 11.9 Å². The number of anilines is 1. The lowest BCUT2D eigenvalue weighted by atomic mass is 10.2. The first kappa shape index (κ1) is 14.6. The van der Waals surface area contributed by atoms with E-state index in [4.69, 9.17) is 11.6 Å². The van der Waals surface area contributed by atoms with Gasteiger partial charge >= 0.3 is 0 Å². The van der Waals surface area contributed by atoms with Crippen LogP contribution in [0.4, 0.5) is 5.69 Å². The van der Waals surface area contributed by atoms with Crippen molar-refractivity contribution in [1.82, 2.24) is 19.0 Å². The van der Waals surface area contributed by atoms with Gasteiger partial charge < -0.3 is 10.6 Å². The van der Waals surface area contributed by atoms with Crippen LogP contribution in [0, 0.1) is 0 Å². The SMILES string of the molecule is CC(C(=O)Nc1c(Cl)ccc2nsnc12)N1CCNCC1. The largest absolute Gasteiger partial charge is 0.322 e. The zero-order valence-electron chi connectivity index (χ0n) is 11.6. The fourth-order valence-electron chi connectivity index (χ4n) is 2.41. The maximum atomic E-state index is 12.5. The lowest BCUT2D eigenvalue weighted by Gasteiger charge is -2.31. The minimum Gasteiger partial charge on any atom is -0.322 e. The molecule has 1 aromatic heterocycles. The molecule has 1 aliphatic heterocycles. The van der Waals surface area contributed by atoms with Gasteiger partial charge in [0.2, 0.25) is 5.91 Å². The Balaban J connectivity index is 1.79. The van der Waals surface area contributed by atoms with E-state index in [1.807, 2.05) is 6.92 Å². The predicted octanol–water partition coefficient (Wildman–Crippen LogP) is 1.58. The second-order valence-corrected chi connectivity index (χ2v) is 5.94. The molecule has 2 N–H and O–H groups in total. The Bertz CT molecular complexity index is 655. The predicted molar refractivity (Wildman–Crippen MR) is 85.0 cm³/mol. The molecule has 1 unspecified atom stereocenters. The molecule has 0 radical (unpaired) electrons. The molecular formula is C13H16ClN5OS. The van der Waals surface area contributed by atoms with Crippen molar-refractivity contribution in [3.05, 3.63) is 17.2 Å². The summed E-state index contributed by atoms with van der Waals surface area (Å²) in [5.74, 6) is -0.0701. The van der Waals surface area contributed by atoms with Gasteiger partial charge in [-0.3, -0.25) is 9.69 Å². The Hall–Kier alpha value is -1.28. The van der Waals surface area contributed by atoms with Crippen LogP contribution in [0.2, 0.25) is 5.02 Å². The minimum atomic E-state index is -0.204. The third-order valence-corrected chi connectivity index (χ3v) is 4.56. The van der Waals surface area contributed by atoms with Crippen molar-refractivity contribution < 1.29 is 4.79 Å². The first-order valence-corrected chi connectivity index (χ1v) is 7.94. The third-order valence-electron chi connectivity index (χ3n) is 3.70. The maximum absolute atomic E-state index is 12.5. The number of nitrogens with zero attached hydrogens (tertiary/aromatic N) is 3. The van der Waals surface area contributed by atoms with E-state index in [0.717, 1.165) is 43.4 Å². The number of halogens is 1. The number of aromatic nitrogens is 2. The molecule has 2 heterocycles. The molecule has 0 bridgehead atoms. The van der Waals surface area contributed by atoms with Gasteiger partial charge in [0.1, 0.15) is 11.0 Å². The van der Waals surface area contributed by atoms with E-state index in [0.29, 0.717) is 16.2 Å². The fourth-order valence-corrected chi connectivity index (χ4v) is 3.15. The van der Waals surface area contributed by atoms with Crippen molar-refractivity contribution in [2.75, 3.05) is 31.5 Å². The summed E-state index contributed by atoms with van der Waals surface area (Å²) in [5.41, 5.74) is 1.94. The number of carbonyl (C=O) groups is 1. The first-order valence-electron chi connectivity index (χ1n) is 6.83. The molecule has 1 fully saturated rings. The zero-order chi connectivity index (χ0) is 14.8. The molecule has 1 saturated heterocycles. The second-order valence-electron chi connectivity index (χ2n) is 5.01. The van der Waals surface area contributed by atoms with Crippen molar-refractivity contribution in [3.63, 3.8) is 0 Å². The van der Waals surface area contributed by atoms with Crippen molar-refractivity contribution >= 4 is 46.0 Å². The summed E-state index contributed by atoms with van der Waals surface area (Å²) in [6, 6.07) is 3.33. The molecule has 3 rings (SSSR count). The van der Waals surface area contributed by atoms with Gasteiger partial charge in [-0.05, 0) is 19.1 Å². The fraction of sp³-hybridized carbons (Fsp3) is 0.462. The monoisotopic (exact) mass is 325 g/mol. The highest BCUT2D eigenvalue weighted by atomic mass is 35.5. The number of piperazine rings is 1. The lowest BCUT2D eigenvalue weighted by molar-refractivity contribution is -0.120. The zero-order valence-corrected chi connectivity index (χ0v) is 13.2. The van der Waals surface area contributed by atoms with Gasteiger partial charge in [-0.15, -0.1) is 0 Å². The van der Waals surface area contributed by atoms with Crippen LogP contribution in [0.3, 0.4) is 0 Å². The number of nitrogens with one attached hydrogen (secondary N) is 2. The van der Waals surface area contributed by atoms with Crippen molar-refractivity contribution in [2.45, 2.75) is 13.0 Å². The van der Waals surface area contributed by atoms with Gasteiger partial charge in [0.25, 0.3) is 0 Å². The summed E-state index contributed by atoms with van der Waals surface area (Å²) in [5, 5.41) is 6.67. The van der Waals surface area contributed by atoms with E-state index in [9.17, 15) is 4.79 Å². The molecule has 1 aliphatic rings. The summed E-state index contributed by atoms with van der Waals surface area (Å²) >= 11 is 7.30. The summed E-state index contributed by atoms with van der Waals surface area (Å²) in [7, 11) is 0. The van der Waals surface area contributed by atoms with E-state index in [1.165, 1.54) is 0 Å². The quantitative estimate of drug-likeness (QED) is 0.896.